The number of rotatable bonds is 5. The molecule has 0 amide bonds. The van der Waals surface area contributed by atoms with E-state index in [4.69, 9.17) is 10.5 Å². The largest absolute Gasteiger partial charge is 0.359 e. The Morgan fingerprint density at radius 2 is 1.93 bits per heavy atom. The molecule has 0 aliphatic heterocycles. The first-order valence-electron chi connectivity index (χ1n) is 4.76. The zero-order valence-electron chi connectivity index (χ0n) is 8.62. The van der Waals surface area contributed by atoms with E-state index in [1.54, 1.807) is 0 Å². The van der Waals surface area contributed by atoms with Crippen LogP contribution in [0.15, 0.2) is 30.3 Å². The van der Waals surface area contributed by atoms with Crippen LogP contribution in [0.4, 0.5) is 8.78 Å². The lowest BCUT2D eigenvalue weighted by Crippen LogP contribution is -2.30. The Labute approximate surface area is 88.0 Å². The highest BCUT2D eigenvalue weighted by Crippen LogP contribution is 2.18. The quantitative estimate of drug-likeness (QED) is 0.766. The van der Waals surface area contributed by atoms with Crippen molar-refractivity contribution in [2.75, 3.05) is 0 Å². The van der Waals surface area contributed by atoms with Gasteiger partial charge in [-0.15, -0.1) is 0 Å². The number of alkyl halides is 2. The van der Waals surface area contributed by atoms with Crippen LogP contribution in [0.25, 0.3) is 0 Å². The molecule has 0 aliphatic rings. The lowest BCUT2D eigenvalue weighted by atomic mass is 10.2. The number of hydrogen-bond acceptors (Lipinski definition) is 2. The Kier molecular flexibility index (Phi) is 4.17. The zero-order valence-corrected chi connectivity index (χ0v) is 8.62. The third-order valence-electron chi connectivity index (χ3n) is 1.87. The minimum absolute atomic E-state index is 0.262. The first-order valence-corrected chi connectivity index (χ1v) is 4.76. The van der Waals surface area contributed by atoms with Crippen LogP contribution in [0, 0.1) is 0 Å². The second-order valence-corrected chi connectivity index (χ2v) is 3.61. The molecule has 0 aromatic heterocycles. The average molecular weight is 215 g/mol. The monoisotopic (exact) mass is 215 g/mol. The van der Waals surface area contributed by atoms with Crippen molar-refractivity contribution >= 4 is 0 Å². The molecule has 0 bridgehead atoms. The maximum absolute atomic E-state index is 12.5. The summed E-state index contributed by atoms with van der Waals surface area (Å²) in [6, 6.07) is 9.31. The highest BCUT2D eigenvalue weighted by Gasteiger charge is 2.25. The number of hydrogen-bond donors (Lipinski definition) is 1. The Morgan fingerprint density at radius 1 is 1.33 bits per heavy atom. The summed E-state index contributed by atoms with van der Waals surface area (Å²) in [6.07, 6.45) is -1.38. The predicted octanol–water partition coefficient (Wildman–Crippen LogP) is 2.53. The molecule has 0 radical (unpaired) electrons. The van der Waals surface area contributed by atoms with Gasteiger partial charge in [0.25, 0.3) is 0 Å². The van der Waals surface area contributed by atoms with E-state index in [9.17, 15) is 8.78 Å². The molecule has 0 aliphatic carbocycles. The summed E-state index contributed by atoms with van der Waals surface area (Å²) in [5, 5.41) is 0. The van der Waals surface area contributed by atoms with Crippen LogP contribution >= 0.6 is 0 Å². The van der Waals surface area contributed by atoms with Gasteiger partial charge in [0.05, 0.1) is 13.0 Å². The fraction of sp³-hybridized carbons (Fsp3) is 0.455. The van der Waals surface area contributed by atoms with E-state index >= 15 is 0 Å². The van der Waals surface area contributed by atoms with Crippen LogP contribution in [0.2, 0.25) is 0 Å². The summed E-state index contributed by atoms with van der Waals surface area (Å²) in [7, 11) is 0. The van der Waals surface area contributed by atoms with Crippen molar-refractivity contribution in [1.82, 2.24) is 0 Å². The van der Waals surface area contributed by atoms with E-state index in [1.807, 2.05) is 30.3 Å². The Balaban J connectivity index is 2.32. The van der Waals surface area contributed by atoms with Crippen LogP contribution in [-0.2, 0) is 11.3 Å². The second kappa shape index (κ2) is 5.19. The van der Waals surface area contributed by atoms with Gasteiger partial charge in [-0.25, -0.2) is 8.78 Å². The van der Waals surface area contributed by atoms with Crippen LogP contribution in [0.5, 0.6) is 0 Å². The smallest absolute Gasteiger partial charge is 0.249 e. The third-order valence-corrected chi connectivity index (χ3v) is 1.87. The fourth-order valence-electron chi connectivity index (χ4n) is 1.19. The molecule has 0 saturated heterocycles. The third kappa shape index (κ3) is 5.44. The number of ether oxygens (including phenoxy) is 1. The molecule has 4 heteroatoms. The SMILES string of the molecule is CC(F)(F)CC(N)OCc1ccccc1. The molecule has 1 aromatic carbocycles. The van der Waals surface area contributed by atoms with Crippen LogP contribution in [0.3, 0.4) is 0 Å². The van der Waals surface area contributed by atoms with Crippen molar-refractivity contribution < 1.29 is 13.5 Å². The number of benzene rings is 1. The van der Waals surface area contributed by atoms with E-state index in [0.29, 0.717) is 0 Å². The number of nitrogens with two attached hydrogens (primary N) is 1. The zero-order chi connectivity index (χ0) is 11.3. The number of halogens is 2. The van der Waals surface area contributed by atoms with Crippen molar-refractivity contribution in [1.29, 1.82) is 0 Å². The Hall–Kier alpha value is -1.00. The Morgan fingerprint density at radius 3 is 2.47 bits per heavy atom. The van der Waals surface area contributed by atoms with E-state index in [2.05, 4.69) is 0 Å². The average Bonchev–Trinajstić information content (AvgIpc) is 2.14. The summed E-state index contributed by atoms with van der Waals surface area (Å²) in [6.45, 7) is 1.09. The van der Waals surface area contributed by atoms with E-state index in [-0.39, 0.29) is 6.61 Å². The molecule has 1 rings (SSSR count). The van der Waals surface area contributed by atoms with Crippen LogP contribution in [0.1, 0.15) is 18.9 Å². The summed E-state index contributed by atoms with van der Waals surface area (Å²) < 4.78 is 30.2. The van der Waals surface area contributed by atoms with E-state index in [1.165, 1.54) is 0 Å². The molecule has 0 spiro atoms. The lowest BCUT2D eigenvalue weighted by Gasteiger charge is -2.17. The minimum atomic E-state index is -2.78. The molecule has 0 heterocycles. The van der Waals surface area contributed by atoms with Crippen molar-refractivity contribution in [3.05, 3.63) is 35.9 Å². The minimum Gasteiger partial charge on any atom is -0.359 e. The molecule has 84 valence electrons. The van der Waals surface area contributed by atoms with Crippen molar-refractivity contribution in [3.63, 3.8) is 0 Å². The first kappa shape index (κ1) is 12.1. The fourth-order valence-corrected chi connectivity index (χ4v) is 1.19. The Bertz CT molecular complexity index is 284. The van der Waals surface area contributed by atoms with E-state index in [0.717, 1.165) is 12.5 Å². The topological polar surface area (TPSA) is 35.2 Å². The molecule has 1 aromatic rings. The van der Waals surface area contributed by atoms with Crippen molar-refractivity contribution in [2.45, 2.75) is 32.1 Å². The predicted molar refractivity (Wildman–Crippen MR) is 54.4 cm³/mol. The van der Waals surface area contributed by atoms with Gasteiger partial charge in [0.2, 0.25) is 5.92 Å². The van der Waals surface area contributed by atoms with Gasteiger partial charge >= 0.3 is 0 Å². The standard InChI is InChI=1S/C11H15F2NO/c1-11(12,13)7-10(14)15-8-9-5-3-2-4-6-9/h2-6,10H,7-8,14H2,1H3. The lowest BCUT2D eigenvalue weighted by molar-refractivity contribution is -0.0556. The summed E-state index contributed by atoms with van der Waals surface area (Å²) in [5.74, 6) is -2.78. The second-order valence-electron chi connectivity index (χ2n) is 3.61. The summed E-state index contributed by atoms with van der Waals surface area (Å²) >= 11 is 0. The van der Waals surface area contributed by atoms with Gasteiger partial charge in [0, 0.05) is 0 Å². The molecular weight excluding hydrogens is 200 g/mol. The van der Waals surface area contributed by atoms with E-state index < -0.39 is 18.6 Å². The molecular formula is C11H15F2NO. The molecule has 2 nitrogen and oxygen atoms in total. The molecule has 0 fully saturated rings. The van der Waals surface area contributed by atoms with Gasteiger partial charge in [-0.1, -0.05) is 30.3 Å². The highest BCUT2D eigenvalue weighted by atomic mass is 19.3. The van der Waals surface area contributed by atoms with Crippen LogP contribution < -0.4 is 5.73 Å². The van der Waals surface area contributed by atoms with Gasteiger partial charge in [0.1, 0.15) is 6.23 Å². The normalized spacial score (nSPS) is 13.9. The van der Waals surface area contributed by atoms with Crippen molar-refractivity contribution in [2.24, 2.45) is 5.73 Å². The summed E-state index contributed by atoms with van der Waals surface area (Å²) in [5.41, 5.74) is 6.33. The van der Waals surface area contributed by atoms with Gasteiger partial charge < -0.3 is 10.5 Å². The van der Waals surface area contributed by atoms with Gasteiger partial charge in [-0.2, -0.15) is 0 Å². The maximum Gasteiger partial charge on any atom is 0.249 e. The molecule has 0 saturated carbocycles. The van der Waals surface area contributed by atoms with Crippen molar-refractivity contribution in [3.8, 4) is 0 Å². The molecule has 2 N–H and O–H groups in total. The first-order chi connectivity index (χ1) is 6.97. The van der Waals surface area contributed by atoms with Gasteiger partial charge in [-0.05, 0) is 12.5 Å². The molecule has 15 heavy (non-hydrogen) atoms. The van der Waals surface area contributed by atoms with Gasteiger partial charge in [0.15, 0.2) is 0 Å². The molecule has 1 atom stereocenters. The maximum atomic E-state index is 12.5. The summed E-state index contributed by atoms with van der Waals surface area (Å²) in [4.78, 5) is 0. The molecule has 1 unspecified atom stereocenters. The van der Waals surface area contributed by atoms with Crippen LogP contribution in [-0.4, -0.2) is 12.2 Å². The van der Waals surface area contributed by atoms with Gasteiger partial charge in [-0.3, -0.25) is 0 Å². The highest BCUT2D eigenvalue weighted by molar-refractivity contribution is 5.13.